The van der Waals surface area contributed by atoms with Gasteiger partial charge in [-0.1, -0.05) is 25.8 Å². The van der Waals surface area contributed by atoms with Crippen LogP contribution in [-0.2, 0) is 13.3 Å². The van der Waals surface area contributed by atoms with E-state index in [2.05, 4.69) is 36.5 Å². The molecule has 0 heterocycles. The van der Waals surface area contributed by atoms with Gasteiger partial charge in [0.15, 0.2) is 5.11 Å². The van der Waals surface area contributed by atoms with Gasteiger partial charge >= 0.3 is 8.80 Å². The monoisotopic (exact) mass is 388 g/mol. The lowest BCUT2D eigenvalue weighted by atomic mass is 10.5. The maximum absolute atomic E-state index is 5.20. The largest absolute Gasteiger partial charge is 0.500 e. The van der Waals surface area contributed by atoms with Crippen molar-refractivity contribution in [1.29, 1.82) is 0 Å². The zero-order valence-corrected chi connectivity index (χ0v) is 18.0. The zero-order chi connectivity index (χ0) is 17.3. The molecule has 0 saturated carbocycles. The van der Waals surface area contributed by atoms with E-state index in [4.69, 9.17) is 25.5 Å². The molecule has 0 aliphatic rings. The molecule has 0 aromatic rings. The molecule has 0 unspecified atom stereocenters. The van der Waals surface area contributed by atoms with Crippen molar-refractivity contribution >= 4 is 50.7 Å². The molecule has 0 amide bonds. The molecule has 0 spiro atoms. The first-order chi connectivity index (χ1) is 10.6. The smallest absolute Gasteiger partial charge is 0.377 e. The molecule has 0 aliphatic heterocycles. The highest BCUT2D eigenvalue weighted by atomic mass is 32.2. The van der Waals surface area contributed by atoms with Crippen LogP contribution >= 0.6 is 36.8 Å². The van der Waals surface area contributed by atoms with Gasteiger partial charge in [0.2, 0.25) is 0 Å². The van der Waals surface area contributed by atoms with Gasteiger partial charge in [-0.05, 0) is 37.2 Å². The summed E-state index contributed by atoms with van der Waals surface area (Å²) in [6.07, 6.45) is 3.25. The maximum Gasteiger partial charge on any atom is 0.500 e. The topological polar surface area (TPSA) is 51.8 Å². The van der Waals surface area contributed by atoms with Crippen LogP contribution in [0.1, 0.15) is 33.1 Å². The van der Waals surface area contributed by atoms with E-state index in [1.807, 2.05) is 0 Å². The van der Waals surface area contributed by atoms with Gasteiger partial charge in [-0.25, -0.2) is 0 Å². The van der Waals surface area contributed by atoms with E-state index in [1.54, 1.807) is 33.3 Å². The van der Waals surface area contributed by atoms with E-state index >= 15 is 0 Å². The van der Waals surface area contributed by atoms with Crippen LogP contribution in [0, 0.1) is 0 Å². The van der Waals surface area contributed by atoms with Crippen LogP contribution in [0.4, 0.5) is 0 Å². The molecule has 9 heteroatoms. The highest BCUT2D eigenvalue weighted by Crippen LogP contribution is 2.14. The Morgan fingerprint density at radius 3 is 2.14 bits per heavy atom. The van der Waals surface area contributed by atoms with Crippen molar-refractivity contribution in [3.63, 3.8) is 0 Å². The molecule has 0 aromatic carbocycles. The molecule has 0 bridgehead atoms. The molecule has 134 valence electrons. The molecule has 22 heavy (non-hydrogen) atoms. The highest BCUT2D eigenvalue weighted by molar-refractivity contribution is 7.98. The minimum Gasteiger partial charge on any atom is -0.377 e. The fraction of sp³-hybridized carbons (Fsp3) is 0.923. The molecule has 2 N–H and O–H groups in total. The predicted octanol–water partition coefficient (Wildman–Crippen LogP) is 3.10. The lowest BCUT2D eigenvalue weighted by Crippen LogP contribution is -2.42. The van der Waals surface area contributed by atoms with Gasteiger partial charge in [-0.3, -0.25) is 0 Å². The second kappa shape index (κ2) is 17.8. The van der Waals surface area contributed by atoms with Crippen molar-refractivity contribution in [3.05, 3.63) is 0 Å². The Balaban J connectivity index is 0. The molecular formula is C13H32N2O3S3Si. The molecule has 0 atom stereocenters. The van der Waals surface area contributed by atoms with Crippen LogP contribution < -0.4 is 10.0 Å². The predicted molar refractivity (Wildman–Crippen MR) is 107 cm³/mol. The summed E-state index contributed by atoms with van der Waals surface area (Å²) < 4.78 is 18.7. The molecule has 0 radical (unpaired) electrons. The van der Waals surface area contributed by atoms with E-state index < -0.39 is 8.80 Å². The molecule has 0 saturated heterocycles. The first-order valence-corrected chi connectivity index (χ1v) is 11.4. The lowest BCUT2D eigenvalue weighted by molar-refractivity contribution is 0.123. The van der Waals surface area contributed by atoms with E-state index in [1.165, 1.54) is 6.42 Å². The summed E-state index contributed by atoms with van der Waals surface area (Å²) >= 11 is 10.8. The molecule has 5 nitrogen and oxygen atoms in total. The Morgan fingerprint density at radius 1 is 1.14 bits per heavy atom. The summed E-state index contributed by atoms with van der Waals surface area (Å²) in [4.78, 5) is 0. The van der Waals surface area contributed by atoms with Crippen molar-refractivity contribution < 1.29 is 13.3 Å². The number of thiocarbonyl (C=S) groups is 1. The molecular weight excluding hydrogens is 356 g/mol. The Morgan fingerprint density at radius 2 is 1.73 bits per heavy atom. The Labute approximate surface area is 152 Å². The molecule has 0 aromatic heterocycles. The maximum atomic E-state index is 5.20. The van der Waals surface area contributed by atoms with Crippen molar-refractivity contribution in [2.24, 2.45) is 0 Å². The fourth-order valence-electron chi connectivity index (χ4n) is 1.35. The number of hydrogen-bond donors (Lipinski definition) is 3. The van der Waals surface area contributed by atoms with Gasteiger partial charge in [0.25, 0.3) is 0 Å². The first-order valence-electron chi connectivity index (χ1n) is 7.47. The van der Waals surface area contributed by atoms with Crippen LogP contribution in [-0.4, -0.2) is 53.3 Å². The number of hydrogen-bond acceptors (Lipinski definition) is 6. The lowest BCUT2D eigenvalue weighted by Gasteiger charge is -2.23. The van der Waals surface area contributed by atoms with Crippen LogP contribution in [0.5, 0.6) is 0 Å². The minimum atomic E-state index is -2.29. The first kappa shape index (κ1) is 24.7. The van der Waals surface area contributed by atoms with E-state index in [-0.39, 0.29) is 0 Å². The van der Waals surface area contributed by atoms with Crippen molar-refractivity contribution in [1.82, 2.24) is 10.0 Å². The van der Waals surface area contributed by atoms with E-state index in [0.717, 1.165) is 42.0 Å². The van der Waals surface area contributed by atoms with Gasteiger partial charge in [0.1, 0.15) is 0 Å². The van der Waals surface area contributed by atoms with Crippen LogP contribution in [0.25, 0.3) is 0 Å². The van der Waals surface area contributed by atoms with Crippen LogP contribution in [0.3, 0.4) is 0 Å². The third kappa shape index (κ3) is 14.1. The average molecular weight is 389 g/mol. The van der Waals surface area contributed by atoms with Crippen LogP contribution in [0.2, 0.25) is 6.04 Å². The van der Waals surface area contributed by atoms with Crippen molar-refractivity contribution in [2.75, 3.05) is 39.4 Å². The fourth-order valence-corrected chi connectivity index (χ4v) is 4.31. The third-order valence-corrected chi connectivity index (χ3v) is 7.07. The summed E-state index contributed by atoms with van der Waals surface area (Å²) in [5, 5.41) is 3.85. The third-order valence-electron chi connectivity index (χ3n) is 2.58. The second-order valence-electron chi connectivity index (χ2n) is 4.33. The second-order valence-corrected chi connectivity index (χ2v) is 9.18. The summed E-state index contributed by atoms with van der Waals surface area (Å²) in [5.41, 5.74) is 0. The quantitative estimate of drug-likeness (QED) is 0.165. The normalized spacial score (nSPS) is 10.6. The number of thiol groups is 1. The van der Waals surface area contributed by atoms with E-state index in [0.29, 0.717) is 0 Å². The summed E-state index contributed by atoms with van der Waals surface area (Å²) in [7, 11) is 2.58. The minimum absolute atomic E-state index is 0.755. The molecule has 0 rings (SSSR count). The Hall–Kier alpha value is 0.487. The molecule has 0 aliphatic carbocycles. The van der Waals surface area contributed by atoms with E-state index in [9.17, 15) is 0 Å². The summed E-state index contributed by atoms with van der Waals surface area (Å²) in [6.45, 7) is 5.23. The van der Waals surface area contributed by atoms with Crippen molar-refractivity contribution in [2.45, 2.75) is 39.2 Å². The Kier molecular flexibility index (Phi) is 20.1. The van der Waals surface area contributed by atoms with Gasteiger partial charge in [0.05, 0.1) is 0 Å². The van der Waals surface area contributed by atoms with Crippen LogP contribution in [0.15, 0.2) is 0 Å². The van der Waals surface area contributed by atoms with Gasteiger partial charge < -0.3 is 23.3 Å². The standard InChI is InChI=1S/C7H16N2S2.C6H16O3SSi/c1-3-5-8-7(10)9-11-6-4-2;1-7-11(8-2,9-3)6-4-5-10/h3-6H2,1-2H3,(H2,8,9,10);10H,4-6H2,1-3H3. The van der Waals surface area contributed by atoms with Gasteiger partial charge in [-0.15, -0.1) is 0 Å². The SMILES string of the molecule is CCCNC(=S)NSCCC.CO[Si](CCCS)(OC)OC. The summed E-state index contributed by atoms with van der Waals surface area (Å²) in [5.74, 6) is 1.94. The van der Waals surface area contributed by atoms with Crippen molar-refractivity contribution in [3.8, 4) is 0 Å². The Bertz CT molecular complexity index is 252. The number of nitrogens with one attached hydrogen (secondary N) is 2. The summed E-state index contributed by atoms with van der Waals surface area (Å²) in [6, 6.07) is 0.833. The zero-order valence-electron chi connectivity index (χ0n) is 14.4. The highest BCUT2D eigenvalue weighted by Gasteiger charge is 2.36. The van der Waals surface area contributed by atoms with Gasteiger partial charge in [-0.2, -0.15) is 12.6 Å². The van der Waals surface area contributed by atoms with Gasteiger partial charge in [0, 0.05) is 39.7 Å². The molecule has 0 fully saturated rings. The number of rotatable bonds is 11. The average Bonchev–Trinajstić information content (AvgIpc) is 2.56.